The van der Waals surface area contributed by atoms with Crippen molar-refractivity contribution in [2.75, 3.05) is 0 Å². The second-order valence-corrected chi connectivity index (χ2v) is 2.94. The fourth-order valence-corrected chi connectivity index (χ4v) is 0.871. The van der Waals surface area contributed by atoms with Crippen LogP contribution in [0, 0.1) is 0 Å². The first kappa shape index (κ1) is 7.31. The van der Waals surface area contributed by atoms with Crippen molar-refractivity contribution in [3.63, 3.8) is 0 Å². The maximum atomic E-state index is 5.44. The fourth-order valence-electron chi connectivity index (χ4n) is 0.538. The topological polar surface area (TPSA) is 26.0 Å². The van der Waals surface area contributed by atoms with Gasteiger partial charge in [0, 0.05) is 11.3 Å². The Hall–Kier alpha value is 0.310. The summed E-state index contributed by atoms with van der Waals surface area (Å²) in [6, 6.07) is 0.299. The third kappa shape index (κ3) is 6.31. The molecular formula is C5H13NS. The summed E-state index contributed by atoms with van der Waals surface area (Å²) in [6.45, 7) is 4.04. The van der Waals surface area contributed by atoms with Gasteiger partial charge in [0.2, 0.25) is 0 Å². The molecule has 1 nitrogen and oxygen atoms in total. The molecule has 0 aromatic heterocycles. The summed E-state index contributed by atoms with van der Waals surface area (Å²) in [4.78, 5) is 0. The number of thiol groups is 1. The highest BCUT2D eigenvalue weighted by atomic mass is 32.1. The third-order valence-electron chi connectivity index (χ3n) is 0.713. The van der Waals surface area contributed by atoms with Gasteiger partial charge in [0.15, 0.2) is 0 Å². The fraction of sp³-hybridized carbons (Fsp3) is 1.00. The second kappa shape index (κ2) is 3.33. The molecule has 44 valence electrons. The minimum atomic E-state index is 0.299. The van der Waals surface area contributed by atoms with E-state index in [4.69, 9.17) is 5.73 Å². The van der Waals surface area contributed by atoms with Crippen LogP contribution in [-0.4, -0.2) is 11.3 Å². The highest BCUT2D eigenvalue weighted by molar-refractivity contribution is 7.80. The van der Waals surface area contributed by atoms with Crippen LogP contribution in [0.25, 0.3) is 0 Å². The summed E-state index contributed by atoms with van der Waals surface area (Å²) in [7, 11) is 0. The highest BCUT2D eigenvalue weighted by Crippen LogP contribution is 2.00. The average molecular weight is 119 g/mol. The molecule has 2 N–H and O–H groups in total. The van der Waals surface area contributed by atoms with Crippen molar-refractivity contribution in [3.05, 3.63) is 0 Å². The molecule has 0 heterocycles. The zero-order valence-electron chi connectivity index (χ0n) is 4.89. The average Bonchev–Trinajstić information content (AvgIpc) is 1.27. The summed E-state index contributed by atoms with van der Waals surface area (Å²) < 4.78 is 0. The third-order valence-corrected chi connectivity index (χ3v) is 0.924. The van der Waals surface area contributed by atoms with Gasteiger partial charge in [0.1, 0.15) is 0 Å². The van der Waals surface area contributed by atoms with Crippen LogP contribution in [0.4, 0.5) is 0 Å². The van der Waals surface area contributed by atoms with Gasteiger partial charge in [0.25, 0.3) is 0 Å². The number of nitrogens with two attached hydrogens (primary N) is 1. The largest absolute Gasteiger partial charge is 0.328 e. The Labute approximate surface area is 50.7 Å². The van der Waals surface area contributed by atoms with Gasteiger partial charge in [-0.1, -0.05) is 6.92 Å². The van der Waals surface area contributed by atoms with Crippen LogP contribution in [0.2, 0.25) is 0 Å². The first-order valence-electron chi connectivity index (χ1n) is 2.56. The summed E-state index contributed by atoms with van der Waals surface area (Å²) >= 11 is 4.16. The molecule has 0 aromatic rings. The van der Waals surface area contributed by atoms with Crippen molar-refractivity contribution >= 4 is 12.6 Å². The minimum absolute atomic E-state index is 0.299. The quantitative estimate of drug-likeness (QED) is 0.522. The Morgan fingerprint density at radius 3 is 2.00 bits per heavy atom. The molecule has 2 atom stereocenters. The van der Waals surface area contributed by atoms with Crippen molar-refractivity contribution in [3.8, 4) is 0 Å². The molecule has 0 aliphatic carbocycles. The van der Waals surface area contributed by atoms with Crippen LogP contribution in [-0.2, 0) is 0 Å². The monoisotopic (exact) mass is 119 g/mol. The predicted molar refractivity (Wildman–Crippen MR) is 36.7 cm³/mol. The molecule has 0 aromatic carbocycles. The number of hydrogen-bond donors (Lipinski definition) is 2. The van der Waals surface area contributed by atoms with Crippen LogP contribution < -0.4 is 5.73 Å². The summed E-state index contributed by atoms with van der Waals surface area (Å²) in [5, 5.41) is 0.444. The van der Waals surface area contributed by atoms with Gasteiger partial charge in [-0.25, -0.2) is 0 Å². The Balaban J connectivity index is 2.95. The smallest absolute Gasteiger partial charge is 0.00208 e. The van der Waals surface area contributed by atoms with E-state index in [1.807, 2.05) is 13.8 Å². The number of hydrogen-bond acceptors (Lipinski definition) is 2. The molecule has 0 aliphatic rings. The van der Waals surface area contributed by atoms with E-state index in [-0.39, 0.29) is 0 Å². The molecule has 0 amide bonds. The maximum Gasteiger partial charge on any atom is 0.00208 e. The van der Waals surface area contributed by atoms with Gasteiger partial charge in [-0.05, 0) is 13.3 Å². The lowest BCUT2D eigenvalue weighted by atomic mass is 10.2. The second-order valence-electron chi connectivity index (χ2n) is 2.06. The molecular weight excluding hydrogens is 106 g/mol. The first-order chi connectivity index (χ1) is 3.13. The van der Waals surface area contributed by atoms with E-state index >= 15 is 0 Å². The minimum Gasteiger partial charge on any atom is -0.328 e. The normalized spacial score (nSPS) is 18.9. The molecule has 2 heteroatoms. The molecule has 7 heavy (non-hydrogen) atoms. The molecule has 0 saturated carbocycles. The Bertz CT molecular complexity index is 37.3. The van der Waals surface area contributed by atoms with Crippen LogP contribution in [0.15, 0.2) is 0 Å². The summed E-state index contributed by atoms with van der Waals surface area (Å²) in [5.74, 6) is 0. The van der Waals surface area contributed by atoms with Gasteiger partial charge in [-0.2, -0.15) is 12.6 Å². The van der Waals surface area contributed by atoms with E-state index in [1.165, 1.54) is 0 Å². The van der Waals surface area contributed by atoms with E-state index in [2.05, 4.69) is 12.6 Å². The lowest BCUT2D eigenvalue weighted by Gasteiger charge is -2.05. The lowest BCUT2D eigenvalue weighted by Crippen LogP contribution is -2.18. The SMILES string of the molecule is CC(N)CC(C)S. The van der Waals surface area contributed by atoms with Crippen molar-refractivity contribution in [2.24, 2.45) is 5.73 Å². The van der Waals surface area contributed by atoms with Gasteiger partial charge in [-0.15, -0.1) is 0 Å². The lowest BCUT2D eigenvalue weighted by molar-refractivity contribution is 0.665. The van der Waals surface area contributed by atoms with Crippen molar-refractivity contribution in [2.45, 2.75) is 31.6 Å². The molecule has 0 fully saturated rings. The molecule has 2 unspecified atom stereocenters. The van der Waals surface area contributed by atoms with Gasteiger partial charge >= 0.3 is 0 Å². The molecule has 0 rings (SSSR count). The summed E-state index contributed by atoms with van der Waals surface area (Å²) in [6.07, 6.45) is 1.00. The Morgan fingerprint density at radius 2 is 2.00 bits per heavy atom. The molecule has 0 saturated heterocycles. The van der Waals surface area contributed by atoms with Gasteiger partial charge in [0.05, 0.1) is 0 Å². The Kier molecular flexibility index (Phi) is 3.48. The standard InChI is InChI=1S/C5H13NS/c1-4(6)3-5(2)7/h4-5,7H,3,6H2,1-2H3. The van der Waals surface area contributed by atoms with E-state index in [0.29, 0.717) is 11.3 Å². The van der Waals surface area contributed by atoms with Crippen LogP contribution >= 0.6 is 12.6 Å². The van der Waals surface area contributed by atoms with Gasteiger partial charge in [-0.3, -0.25) is 0 Å². The van der Waals surface area contributed by atoms with Crippen molar-refractivity contribution in [1.29, 1.82) is 0 Å². The van der Waals surface area contributed by atoms with Crippen LogP contribution in [0.3, 0.4) is 0 Å². The Morgan fingerprint density at radius 1 is 1.57 bits per heavy atom. The molecule has 0 aliphatic heterocycles. The van der Waals surface area contributed by atoms with E-state index in [9.17, 15) is 0 Å². The van der Waals surface area contributed by atoms with Crippen LogP contribution in [0.1, 0.15) is 20.3 Å². The highest BCUT2D eigenvalue weighted by Gasteiger charge is 1.96. The molecule has 0 bridgehead atoms. The van der Waals surface area contributed by atoms with E-state index in [1.54, 1.807) is 0 Å². The van der Waals surface area contributed by atoms with E-state index < -0.39 is 0 Å². The first-order valence-corrected chi connectivity index (χ1v) is 3.08. The van der Waals surface area contributed by atoms with Gasteiger partial charge < -0.3 is 5.73 Å². The van der Waals surface area contributed by atoms with Crippen LogP contribution in [0.5, 0.6) is 0 Å². The molecule has 0 spiro atoms. The van der Waals surface area contributed by atoms with Crippen molar-refractivity contribution < 1.29 is 0 Å². The maximum absolute atomic E-state index is 5.44. The molecule has 0 radical (unpaired) electrons. The zero-order chi connectivity index (χ0) is 5.86. The predicted octanol–water partition coefficient (Wildman–Crippen LogP) is 1.04. The zero-order valence-corrected chi connectivity index (χ0v) is 5.78. The summed E-state index contributed by atoms with van der Waals surface area (Å²) in [5.41, 5.74) is 5.44. The van der Waals surface area contributed by atoms with Crippen molar-refractivity contribution in [1.82, 2.24) is 0 Å². The van der Waals surface area contributed by atoms with E-state index in [0.717, 1.165) is 6.42 Å². The number of rotatable bonds is 2.